The Morgan fingerprint density at radius 1 is 1.00 bits per heavy atom. The average molecular weight is 222 g/mol. The second-order valence-corrected chi connectivity index (χ2v) is 2.70. The molecule has 0 aromatic heterocycles. The molecule has 8 heteroatoms. The van der Waals surface area contributed by atoms with Crippen molar-refractivity contribution in [2.24, 2.45) is 22.9 Å². The van der Waals surface area contributed by atoms with Gasteiger partial charge < -0.3 is 33.1 Å². The molecule has 0 saturated carbocycles. The van der Waals surface area contributed by atoms with Crippen molar-refractivity contribution in [1.29, 1.82) is 0 Å². The van der Waals surface area contributed by atoms with Crippen LogP contribution >= 0.6 is 0 Å². The van der Waals surface area contributed by atoms with Crippen LogP contribution in [0.3, 0.4) is 0 Å². The molecule has 8 nitrogen and oxygen atoms in total. The molecule has 0 radical (unpaired) electrons. The van der Waals surface area contributed by atoms with E-state index in [9.17, 15) is 9.59 Å². The third-order valence-electron chi connectivity index (χ3n) is 1.37. The Hall–Kier alpha value is -1.22. The van der Waals surface area contributed by atoms with Crippen LogP contribution in [0.25, 0.3) is 0 Å². The molecule has 15 heavy (non-hydrogen) atoms. The predicted molar refractivity (Wildman–Crippen MR) is 53.9 cm³/mol. The van der Waals surface area contributed by atoms with Gasteiger partial charge in [-0.05, 0) is 13.0 Å². The molecule has 0 fully saturated rings. The Bertz CT molecular complexity index is 199. The zero-order valence-corrected chi connectivity index (χ0v) is 8.30. The van der Waals surface area contributed by atoms with Crippen molar-refractivity contribution in [1.82, 2.24) is 0 Å². The van der Waals surface area contributed by atoms with Crippen molar-refractivity contribution in [3.8, 4) is 0 Å². The second-order valence-electron chi connectivity index (χ2n) is 2.70. The molecule has 0 aliphatic heterocycles. The highest BCUT2D eigenvalue weighted by Gasteiger charge is 2.08. The van der Waals surface area contributed by atoms with Gasteiger partial charge in [0.05, 0.1) is 0 Å². The van der Waals surface area contributed by atoms with Gasteiger partial charge in [-0.15, -0.1) is 0 Å². The number of nitrogens with two attached hydrogens (primary N) is 4. The Kier molecular flexibility index (Phi) is 10.1. The van der Waals surface area contributed by atoms with Gasteiger partial charge in [-0.2, -0.15) is 0 Å². The highest BCUT2D eigenvalue weighted by Crippen LogP contribution is 1.82. The molecule has 0 saturated heterocycles. The van der Waals surface area contributed by atoms with Crippen molar-refractivity contribution < 1.29 is 19.8 Å². The minimum Gasteiger partial charge on any atom is -0.480 e. The third kappa shape index (κ3) is 10.7. The molecular formula is C7H18N4O4. The Balaban J connectivity index is 0. The van der Waals surface area contributed by atoms with Crippen molar-refractivity contribution >= 4 is 11.9 Å². The Labute approximate surface area is 87.2 Å². The van der Waals surface area contributed by atoms with E-state index in [4.69, 9.17) is 33.1 Å². The monoisotopic (exact) mass is 222 g/mol. The first-order valence-electron chi connectivity index (χ1n) is 4.23. The summed E-state index contributed by atoms with van der Waals surface area (Å²) in [5, 5.41) is 16.1. The minimum absolute atomic E-state index is 0.00463. The summed E-state index contributed by atoms with van der Waals surface area (Å²) in [7, 11) is 0. The number of carbonyl (C=O) groups is 2. The fourth-order valence-corrected chi connectivity index (χ4v) is 0.404. The molecule has 0 rings (SSSR count). The Morgan fingerprint density at radius 2 is 1.40 bits per heavy atom. The van der Waals surface area contributed by atoms with E-state index in [-0.39, 0.29) is 6.54 Å². The molecule has 0 aromatic rings. The standard InChI is InChI=1S/C4H10N2O2.C3H8N2O2/c5-2-1-3(6)4(7)8;4-1-2(5)3(6)7/h3H,1-2,5-6H2,(H,7,8);2H,1,4-5H2,(H,6,7). The lowest BCUT2D eigenvalue weighted by Gasteiger charge is -2.00. The lowest BCUT2D eigenvalue weighted by atomic mass is 10.2. The zero-order chi connectivity index (χ0) is 12.4. The van der Waals surface area contributed by atoms with E-state index in [1.54, 1.807) is 0 Å². The van der Waals surface area contributed by atoms with Gasteiger partial charge in [-0.3, -0.25) is 9.59 Å². The quantitative estimate of drug-likeness (QED) is 0.286. The van der Waals surface area contributed by atoms with Crippen LogP contribution in [0.4, 0.5) is 0 Å². The van der Waals surface area contributed by atoms with Crippen LogP contribution in [0.2, 0.25) is 0 Å². The number of aliphatic carboxylic acids is 2. The average Bonchev–Trinajstić information content (AvgIpc) is 2.17. The number of hydrogen-bond acceptors (Lipinski definition) is 6. The van der Waals surface area contributed by atoms with E-state index >= 15 is 0 Å². The van der Waals surface area contributed by atoms with Gasteiger partial charge in [0.1, 0.15) is 12.1 Å². The normalized spacial score (nSPS) is 13.3. The van der Waals surface area contributed by atoms with Crippen LogP contribution in [0.1, 0.15) is 6.42 Å². The van der Waals surface area contributed by atoms with Gasteiger partial charge in [-0.25, -0.2) is 0 Å². The fraction of sp³-hybridized carbons (Fsp3) is 0.714. The molecule has 0 aliphatic carbocycles. The SMILES string of the molecule is NCC(N)C(=O)O.NCCC(N)C(=O)O. The smallest absolute Gasteiger partial charge is 0.321 e. The molecule has 0 amide bonds. The van der Waals surface area contributed by atoms with E-state index in [1.165, 1.54) is 0 Å². The summed E-state index contributed by atoms with van der Waals surface area (Å²) in [5.41, 5.74) is 19.8. The summed E-state index contributed by atoms with van der Waals surface area (Å²) >= 11 is 0. The van der Waals surface area contributed by atoms with E-state index in [1.807, 2.05) is 0 Å². The molecule has 2 unspecified atom stereocenters. The van der Waals surface area contributed by atoms with Crippen molar-refractivity contribution in [2.75, 3.05) is 13.1 Å². The summed E-state index contributed by atoms with van der Waals surface area (Å²) in [6.45, 7) is 0.322. The molecule has 2 atom stereocenters. The molecule has 0 bridgehead atoms. The van der Waals surface area contributed by atoms with Crippen LogP contribution in [0.5, 0.6) is 0 Å². The maximum Gasteiger partial charge on any atom is 0.321 e. The topological polar surface area (TPSA) is 179 Å². The predicted octanol–water partition coefficient (Wildman–Crippen LogP) is -2.90. The number of rotatable bonds is 5. The summed E-state index contributed by atoms with van der Waals surface area (Å²) in [5.74, 6) is -2.04. The lowest BCUT2D eigenvalue weighted by molar-refractivity contribution is -0.139. The summed E-state index contributed by atoms with van der Waals surface area (Å²) in [6, 6.07) is -1.69. The molecule has 90 valence electrons. The van der Waals surface area contributed by atoms with Crippen LogP contribution in [0, 0.1) is 0 Å². The van der Waals surface area contributed by atoms with E-state index < -0.39 is 24.0 Å². The molecule has 0 heterocycles. The molecule has 0 aliphatic rings. The van der Waals surface area contributed by atoms with Gasteiger partial charge >= 0.3 is 11.9 Å². The molecule has 0 spiro atoms. The largest absolute Gasteiger partial charge is 0.480 e. The number of carboxylic acid groups (broad SMARTS) is 2. The van der Waals surface area contributed by atoms with Crippen LogP contribution in [-0.2, 0) is 9.59 Å². The number of hydrogen-bond donors (Lipinski definition) is 6. The summed E-state index contributed by atoms with van der Waals surface area (Å²) in [6.07, 6.45) is 0.343. The van der Waals surface area contributed by atoms with Crippen molar-refractivity contribution in [3.05, 3.63) is 0 Å². The fourth-order valence-electron chi connectivity index (χ4n) is 0.404. The van der Waals surface area contributed by atoms with E-state index in [2.05, 4.69) is 0 Å². The highest BCUT2D eigenvalue weighted by molar-refractivity contribution is 5.73. The highest BCUT2D eigenvalue weighted by atomic mass is 16.4. The van der Waals surface area contributed by atoms with Crippen molar-refractivity contribution in [3.63, 3.8) is 0 Å². The van der Waals surface area contributed by atoms with Gasteiger partial charge in [0, 0.05) is 6.54 Å². The van der Waals surface area contributed by atoms with Gasteiger partial charge in [0.15, 0.2) is 0 Å². The third-order valence-corrected chi connectivity index (χ3v) is 1.37. The first kappa shape index (κ1) is 16.2. The van der Waals surface area contributed by atoms with Crippen molar-refractivity contribution in [2.45, 2.75) is 18.5 Å². The van der Waals surface area contributed by atoms with E-state index in [0.717, 1.165) is 0 Å². The minimum atomic E-state index is -1.05. The van der Waals surface area contributed by atoms with Gasteiger partial charge in [0.25, 0.3) is 0 Å². The van der Waals surface area contributed by atoms with Crippen LogP contribution < -0.4 is 22.9 Å². The maximum atomic E-state index is 9.91. The van der Waals surface area contributed by atoms with Crippen LogP contribution in [-0.4, -0.2) is 47.3 Å². The van der Waals surface area contributed by atoms with Gasteiger partial charge in [0.2, 0.25) is 0 Å². The first-order chi connectivity index (χ1) is 6.86. The second kappa shape index (κ2) is 9.34. The first-order valence-corrected chi connectivity index (χ1v) is 4.23. The molecule has 0 aromatic carbocycles. The lowest BCUT2D eigenvalue weighted by Crippen LogP contribution is -2.37. The maximum absolute atomic E-state index is 9.91. The Morgan fingerprint density at radius 3 is 1.47 bits per heavy atom. The van der Waals surface area contributed by atoms with E-state index in [0.29, 0.717) is 13.0 Å². The number of carboxylic acids is 2. The van der Waals surface area contributed by atoms with Crippen LogP contribution in [0.15, 0.2) is 0 Å². The van der Waals surface area contributed by atoms with Gasteiger partial charge in [-0.1, -0.05) is 0 Å². The summed E-state index contributed by atoms with van der Waals surface area (Å²) < 4.78 is 0. The summed E-state index contributed by atoms with van der Waals surface area (Å²) in [4.78, 5) is 19.6. The molecule has 10 N–H and O–H groups in total. The zero-order valence-electron chi connectivity index (χ0n) is 8.30. The molecular weight excluding hydrogens is 204 g/mol.